The van der Waals surface area contributed by atoms with Crippen LogP contribution in [-0.4, -0.2) is 23.2 Å². The Morgan fingerprint density at radius 1 is 0.969 bits per heavy atom. The van der Waals surface area contributed by atoms with E-state index in [-0.39, 0.29) is 5.91 Å². The van der Waals surface area contributed by atoms with Crippen LogP contribution in [0.3, 0.4) is 0 Å². The van der Waals surface area contributed by atoms with Crippen LogP contribution < -0.4 is 10.1 Å². The van der Waals surface area contributed by atoms with Crippen LogP contribution in [0, 0.1) is 13.8 Å². The Bertz CT molecular complexity index is 1200. The third kappa shape index (κ3) is 5.36. The van der Waals surface area contributed by atoms with Crippen molar-refractivity contribution in [3.8, 4) is 17.2 Å². The van der Waals surface area contributed by atoms with Gasteiger partial charge in [-0.3, -0.25) is 4.79 Å². The van der Waals surface area contributed by atoms with Gasteiger partial charge in [-0.05, 0) is 67.9 Å². The first-order chi connectivity index (χ1) is 15.5. The highest BCUT2D eigenvalue weighted by molar-refractivity contribution is 7.98. The molecule has 0 spiro atoms. The molecular weight excluding hydrogens is 422 g/mol. The molecule has 1 N–H and O–H groups in total. The summed E-state index contributed by atoms with van der Waals surface area (Å²) in [4.78, 5) is 12.5. The van der Waals surface area contributed by atoms with Crippen molar-refractivity contribution < 1.29 is 13.9 Å². The van der Waals surface area contributed by atoms with Crippen LogP contribution in [0.15, 0.2) is 76.4 Å². The van der Waals surface area contributed by atoms with E-state index < -0.39 is 0 Å². The van der Waals surface area contributed by atoms with Crippen LogP contribution in [0.5, 0.6) is 5.75 Å². The maximum Gasteiger partial charge on any atom is 0.277 e. The minimum Gasteiger partial charge on any atom is -0.497 e. The number of nitrogens with one attached hydrogen (secondary N) is 1. The summed E-state index contributed by atoms with van der Waals surface area (Å²) in [6, 6.07) is 20.9. The molecule has 0 saturated heterocycles. The average molecular weight is 446 g/mol. The lowest BCUT2D eigenvalue weighted by molar-refractivity contribution is 0.102. The number of benzene rings is 3. The van der Waals surface area contributed by atoms with Gasteiger partial charge in [-0.1, -0.05) is 41.1 Å². The number of amides is 1. The number of aromatic nitrogens is 2. The second-order valence-electron chi connectivity index (χ2n) is 7.42. The highest BCUT2D eigenvalue weighted by Crippen LogP contribution is 2.27. The van der Waals surface area contributed by atoms with Crippen molar-refractivity contribution in [2.75, 3.05) is 12.4 Å². The molecule has 4 aromatic rings. The van der Waals surface area contributed by atoms with E-state index in [4.69, 9.17) is 9.15 Å². The predicted molar refractivity (Wildman–Crippen MR) is 126 cm³/mol. The summed E-state index contributed by atoms with van der Waals surface area (Å²) in [7, 11) is 1.61. The molecule has 0 aliphatic heterocycles. The molecule has 0 atom stereocenters. The number of thioether (sulfide) groups is 1. The smallest absolute Gasteiger partial charge is 0.277 e. The number of carbonyl (C=O) groups excluding carboxylic acids is 1. The molecule has 0 aliphatic rings. The number of hydrogen-bond acceptors (Lipinski definition) is 6. The van der Waals surface area contributed by atoms with Gasteiger partial charge in [0.25, 0.3) is 11.1 Å². The molecule has 7 heteroatoms. The van der Waals surface area contributed by atoms with E-state index in [2.05, 4.69) is 21.6 Å². The van der Waals surface area contributed by atoms with Crippen LogP contribution in [0.1, 0.15) is 27.0 Å². The van der Waals surface area contributed by atoms with Gasteiger partial charge >= 0.3 is 0 Å². The Morgan fingerprint density at radius 3 is 2.31 bits per heavy atom. The number of carbonyl (C=O) groups is 1. The maximum absolute atomic E-state index is 12.5. The first-order valence-corrected chi connectivity index (χ1v) is 11.1. The molecule has 0 radical (unpaired) electrons. The molecule has 0 aliphatic carbocycles. The molecule has 6 nitrogen and oxygen atoms in total. The zero-order valence-corrected chi connectivity index (χ0v) is 18.9. The largest absolute Gasteiger partial charge is 0.497 e. The zero-order chi connectivity index (χ0) is 22.5. The predicted octanol–water partition coefficient (Wildman–Crippen LogP) is 5.91. The SMILES string of the molecule is COc1ccc(NC(=O)c2ccc(CSc3nnc(-c4cc(C)cc(C)c4)o3)cc2)cc1. The standard InChI is InChI=1S/C25H23N3O3S/c1-16-12-17(2)14-20(13-16)24-27-28-25(31-24)32-15-18-4-6-19(7-5-18)23(29)26-21-8-10-22(30-3)11-9-21/h4-14H,15H2,1-3H3,(H,26,29). The molecule has 162 valence electrons. The highest BCUT2D eigenvalue weighted by Gasteiger charge is 2.11. The van der Waals surface area contributed by atoms with E-state index in [9.17, 15) is 4.79 Å². The Kier molecular flexibility index (Phi) is 6.56. The summed E-state index contributed by atoms with van der Waals surface area (Å²) in [5.41, 5.74) is 5.60. The van der Waals surface area contributed by atoms with E-state index >= 15 is 0 Å². The lowest BCUT2D eigenvalue weighted by Gasteiger charge is -2.07. The van der Waals surface area contributed by atoms with Crippen LogP contribution in [0.25, 0.3) is 11.5 Å². The van der Waals surface area contributed by atoms with Crippen molar-refractivity contribution in [3.63, 3.8) is 0 Å². The number of nitrogens with zero attached hydrogens (tertiary/aromatic N) is 2. The zero-order valence-electron chi connectivity index (χ0n) is 18.1. The van der Waals surface area contributed by atoms with Gasteiger partial charge in [-0.2, -0.15) is 0 Å². The Hall–Kier alpha value is -3.58. The van der Waals surface area contributed by atoms with E-state index in [0.29, 0.717) is 28.1 Å². The summed E-state index contributed by atoms with van der Waals surface area (Å²) in [5, 5.41) is 11.7. The maximum atomic E-state index is 12.5. The van der Waals surface area contributed by atoms with Crippen molar-refractivity contribution >= 4 is 23.4 Å². The van der Waals surface area contributed by atoms with E-state index in [0.717, 1.165) is 28.0 Å². The normalized spacial score (nSPS) is 10.7. The first-order valence-electron chi connectivity index (χ1n) is 10.1. The third-order valence-electron chi connectivity index (χ3n) is 4.80. The van der Waals surface area contributed by atoms with Gasteiger partial charge in [-0.15, -0.1) is 10.2 Å². The molecule has 0 unspecified atom stereocenters. The molecule has 0 saturated carbocycles. The van der Waals surface area contributed by atoms with Crippen LogP contribution in [0.2, 0.25) is 0 Å². The monoisotopic (exact) mass is 445 g/mol. The summed E-state index contributed by atoms with van der Waals surface area (Å²) in [5.74, 6) is 1.76. The van der Waals surface area contributed by atoms with Crippen molar-refractivity contribution in [2.24, 2.45) is 0 Å². The first kappa shape index (κ1) is 21.6. The highest BCUT2D eigenvalue weighted by atomic mass is 32.2. The molecule has 1 aromatic heterocycles. The van der Waals surface area contributed by atoms with Crippen LogP contribution >= 0.6 is 11.8 Å². The molecule has 32 heavy (non-hydrogen) atoms. The van der Waals surface area contributed by atoms with Gasteiger partial charge in [0.15, 0.2) is 0 Å². The number of anilines is 1. The summed E-state index contributed by atoms with van der Waals surface area (Å²) in [6.45, 7) is 4.09. The van der Waals surface area contributed by atoms with Gasteiger partial charge in [-0.25, -0.2) is 0 Å². The summed E-state index contributed by atoms with van der Waals surface area (Å²) >= 11 is 1.47. The number of hydrogen-bond donors (Lipinski definition) is 1. The lowest BCUT2D eigenvalue weighted by Crippen LogP contribution is -2.11. The van der Waals surface area contributed by atoms with Crippen molar-refractivity contribution in [2.45, 2.75) is 24.8 Å². The van der Waals surface area contributed by atoms with Gasteiger partial charge < -0.3 is 14.5 Å². The van der Waals surface area contributed by atoms with E-state index in [1.807, 2.05) is 50.2 Å². The van der Waals surface area contributed by atoms with Crippen molar-refractivity contribution in [1.29, 1.82) is 0 Å². The van der Waals surface area contributed by atoms with Gasteiger partial charge in [0.1, 0.15) is 5.75 Å². The Morgan fingerprint density at radius 2 is 1.66 bits per heavy atom. The molecule has 3 aromatic carbocycles. The molecule has 0 fully saturated rings. The average Bonchev–Trinajstić information content (AvgIpc) is 3.27. The second-order valence-corrected chi connectivity index (χ2v) is 8.34. The third-order valence-corrected chi connectivity index (χ3v) is 5.69. The van der Waals surface area contributed by atoms with Gasteiger partial charge in [0, 0.05) is 22.6 Å². The van der Waals surface area contributed by atoms with Crippen LogP contribution in [0.4, 0.5) is 5.69 Å². The number of aryl methyl sites for hydroxylation is 2. The van der Waals surface area contributed by atoms with Crippen molar-refractivity contribution in [3.05, 3.63) is 89.0 Å². The fourth-order valence-electron chi connectivity index (χ4n) is 3.26. The minimum atomic E-state index is -0.163. The van der Waals surface area contributed by atoms with Crippen LogP contribution in [-0.2, 0) is 5.75 Å². The van der Waals surface area contributed by atoms with Crippen molar-refractivity contribution in [1.82, 2.24) is 10.2 Å². The molecular formula is C25H23N3O3S. The lowest BCUT2D eigenvalue weighted by atomic mass is 10.1. The van der Waals surface area contributed by atoms with Gasteiger partial charge in [0.2, 0.25) is 5.89 Å². The fraction of sp³-hybridized carbons (Fsp3) is 0.160. The van der Waals surface area contributed by atoms with Gasteiger partial charge in [0.05, 0.1) is 7.11 Å². The molecule has 1 heterocycles. The van der Waals surface area contributed by atoms with E-state index in [1.54, 1.807) is 31.4 Å². The minimum absolute atomic E-state index is 0.163. The number of methoxy groups -OCH3 is 1. The molecule has 4 rings (SSSR count). The fourth-order valence-corrected chi connectivity index (χ4v) is 3.98. The van der Waals surface area contributed by atoms with E-state index in [1.165, 1.54) is 11.8 Å². The molecule has 0 bridgehead atoms. The topological polar surface area (TPSA) is 77.2 Å². The molecule has 1 amide bonds. The Labute approximate surface area is 191 Å². The summed E-state index contributed by atoms with van der Waals surface area (Å²) in [6.07, 6.45) is 0. The second kappa shape index (κ2) is 9.70. The quantitative estimate of drug-likeness (QED) is 0.357. The Balaban J connectivity index is 1.34. The number of ether oxygens (including phenoxy) is 1. The summed E-state index contributed by atoms with van der Waals surface area (Å²) < 4.78 is 10.9. The number of rotatable bonds is 7.